The third kappa shape index (κ3) is 4.37. The maximum Gasteiger partial charge on any atom is 0.227 e. The molecule has 2 fully saturated rings. The fourth-order valence-corrected chi connectivity index (χ4v) is 3.88. The summed E-state index contributed by atoms with van der Waals surface area (Å²) in [5.41, 5.74) is 0.368. The Labute approximate surface area is 148 Å². The molecule has 2 aliphatic rings. The fraction of sp³-hybridized carbons (Fsp3) is 0.632. The first-order valence-electron chi connectivity index (χ1n) is 9.11. The van der Waals surface area contributed by atoms with Crippen LogP contribution < -0.4 is 0 Å². The maximum absolute atomic E-state index is 12.7. The van der Waals surface area contributed by atoms with Gasteiger partial charge in [-0.05, 0) is 30.9 Å². The van der Waals surface area contributed by atoms with Gasteiger partial charge in [0.25, 0.3) is 0 Å². The van der Waals surface area contributed by atoms with Crippen LogP contribution in [0.2, 0.25) is 0 Å². The van der Waals surface area contributed by atoms with Gasteiger partial charge in [-0.3, -0.25) is 14.6 Å². The van der Waals surface area contributed by atoms with Crippen molar-refractivity contribution in [2.45, 2.75) is 50.7 Å². The zero-order chi connectivity index (χ0) is 17.9. The molecule has 136 valence electrons. The van der Waals surface area contributed by atoms with Crippen molar-refractivity contribution in [1.82, 2.24) is 14.8 Å². The minimum absolute atomic E-state index is 0.00336. The molecule has 0 spiro atoms. The van der Waals surface area contributed by atoms with Crippen molar-refractivity contribution in [2.75, 3.05) is 20.1 Å². The van der Waals surface area contributed by atoms with Crippen molar-refractivity contribution in [3.63, 3.8) is 0 Å². The molecular weight excluding hydrogens is 318 g/mol. The predicted octanol–water partition coefficient (Wildman–Crippen LogP) is 1.58. The van der Waals surface area contributed by atoms with Gasteiger partial charge in [0.15, 0.2) is 0 Å². The van der Waals surface area contributed by atoms with Crippen LogP contribution in [0.4, 0.5) is 0 Å². The number of aliphatic hydroxyl groups is 1. The number of hydrogen-bond donors (Lipinski definition) is 1. The molecule has 1 aromatic rings. The zero-order valence-corrected chi connectivity index (χ0v) is 14.9. The number of pyridine rings is 1. The normalized spacial score (nSPS) is 22.4. The number of hydrogen-bond acceptors (Lipinski definition) is 4. The Morgan fingerprint density at radius 1 is 1.44 bits per heavy atom. The van der Waals surface area contributed by atoms with E-state index in [-0.39, 0.29) is 24.2 Å². The molecule has 2 heterocycles. The molecule has 1 aliphatic heterocycles. The largest absolute Gasteiger partial charge is 0.390 e. The minimum atomic E-state index is -0.605. The van der Waals surface area contributed by atoms with E-state index in [0.29, 0.717) is 26.1 Å². The summed E-state index contributed by atoms with van der Waals surface area (Å²) in [6.07, 6.45) is 8.13. The average Bonchev–Trinajstić information content (AvgIpc) is 3.20. The van der Waals surface area contributed by atoms with E-state index in [1.54, 1.807) is 29.2 Å². The highest BCUT2D eigenvalue weighted by molar-refractivity contribution is 5.89. The van der Waals surface area contributed by atoms with Crippen LogP contribution in [0.5, 0.6) is 0 Å². The summed E-state index contributed by atoms with van der Waals surface area (Å²) in [5.74, 6) is -0.263. The summed E-state index contributed by atoms with van der Waals surface area (Å²) in [7, 11) is 1.77. The lowest BCUT2D eigenvalue weighted by molar-refractivity contribution is -0.135. The van der Waals surface area contributed by atoms with Gasteiger partial charge in [0.05, 0.1) is 11.5 Å². The number of likely N-dealkylation sites (tertiary alicyclic amines) is 1. The van der Waals surface area contributed by atoms with E-state index in [9.17, 15) is 14.7 Å². The Morgan fingerprint density at radius 2 is 2.20 bits per heavy atom. The van der Waals surface area contributed by atoms with E-state index in [4.69, 9.17) is 0 Å². The number of amides is 2. The highest BCUT2D eigenvalue weighted by Gasteiger charge is 2.37. The monoisotopic (exact) mass is 345 g/mol. The van der Waals surface area contributed by atoms with Crippen LogP contribution in [-0.4, -0.2) is 57.4 Å². The molecule has 0 bridgehead atoms. The van der Waals surface area contributed by atoms with E-state index in [1.165, 1.54) is 0 Å². The van der Waals surface area contributed by atoms with Gasteiger partial charge in [0.2, 0.25) is 11.8 Å². The SMILES string of the molecule is CN(CCC1(O)CCCC1)C(=O)C1CC(=O)N(Cc2cccnc2)C1. The number of carbonyl (C=O) groups excluding carboxylic acids is 2. The van der Waals surface area contributed by atoms with Crippen LogP contribution in [0, 0.1) is 5.92 Å². The van der Waals surface area contributed by atoms with Crippen LogP contribution in [0.25, 0.3) is 0 Å². The quantitative estimate of drug-likeness (QED) is 0.850. The van der Waals surface area contributed by atoms with Gasteiger partial charge < -0.3 is 14.9 Å². The first-order chi connectivity index (χ1) is 12.0. The second-order valence-corrected chi connectivity index (χ2v) is 7.48. The summed E-state index contributed by atoms with van der Waals surface area (Å²) in [4.78, 5) is 32.4. The lowest BCUT2D eigenvalue weighted by atomic mass is 9.97. The Morgan fingerprint density at radius 3 is 2.88 bits per heavy atom. The van der Waals surface area contributed by atoms with Gasteiger partial charge in [-0.2, -0.15) is 0 Å². The number of nitrogens with zero attached hydrogens (tertiary/aromatic N) is 3. The predicted molar refractivity (Wildman–Crippen MR) is 93.4 cm³/mol. The Balaban J connectivity index is 1.51. The minimum Gasteiger partial charge on any atom is -0.390 e. The molecule has 0 radical (unpaired) electrons. The van der Waals surface area contributed by atoms with E-state index in [2.05, 4.69) is 4.98 Å². The van der Waals surface area contributed by atoms with Gasteiger partial charge in [0, 0.05) is 45.5 Å². The van der Waals surface area contributed by atoms with Crippen LogP contribution >= 0.6 is 0 Å². The van der Waals surface area contributed by atoms with Crippen molar-refractivity contribution in [3.05, 3.63) is 30.1 Å². The molecule has 1 aliphatic carbocycles. The number of carbonyl (C=O) groups is 2. The van der Waals surface area contributed by atoms with Crippen molar-refractivity contribution in [1.29, 1.82) is 0 Å². The maximum atomic E-state index is 12.7. The molecule has 6 nitrogen and oxygen atoms in total. The molecule has 1 unspecified atom stereocenters. The van der Waals surface area contributed by atoms with Gasteiger partial charge in [-0.25, -0.2) is 0 Å². The summed E-state index contributed by atoms with van der Waals surface area (Å²) in [6, 6.07) is 3.78. The summed E-state index contributed by atoms with van der Waals surface area (Å²) < 4.78 is 0. The first-order valence-corrected chi connectivity index (χ1v) is 9.11. The summed E-state index contributed by atoms with van der Waals surface area (Å²) >= 11 is 0. The smallest absolute Gasteiger partial charge is 0.227 e. The molecule has 1 saturated carbocycles. The second-order valence-electron chi connectivity index (χ2n) is 7.48. The van der Waals surface area contributed by atoms with Gasteiger partial charge in [-0.15, -0.1) is 0 Å². The molecule has 6 heteroatoms. The van der Waals surface area contributed by atoms with E-state index in [1.807, 2.05) is 12.1 Å². The van der Waals surface area contributed by atoms with Gasteiger partial charge in [0.1, 0.15) is 0 Å². The topological polar surface area (TPSA) is 73.7 Å². The van der Waals surface area contributed by atoms with Crippen LogP contribution in [0.1, 0.15) is 44.1 Å². The van der Waals surface area contributed by atoms with Crippen molar-refractivity contribution in [3.8, 4) is 0 Å². The van der Waals surface area contributed by atoms with Gasteiger partial charge in [-0.1, -0.05) is 18.9 Å². The van der Waals surface area contributed by atoms with E-state index >= 15 is 0 Å². The van der Waals surface area contributed by atoms with Gasteiger partial charge >= 0.3 is 0 Å². The molecule has 1 aromatic heterocycles. The van der Waals surface area contributed by atoms with Crippen LogP contribution in [-0.2, 0) is 16.1 Å². The number of aromatic nitrogens is 1. The molecule has 1 N–H and O–H groups in total. The van der Waals surface area contributed by atoms with Crippen molar-refractivity contribution >= 4 is 11.8 Å². The molecule has 25 heavy (non-hydrogen) atoms. The number of rotatable bonds is 6. The molecular formula is C19H27N3O3. The Bertz CT molecular complexity index is 614. The second kappa shape index (κ2) is 7.52. The lowest BCUT2D eigenvalue weighted by Gasteiger charge is -2.27. The first kappa shape index (κ1) is 17.9. The zero-order valence-electron chi connectivity index (χ0n) is 14.9. The highest BCUT2D eigenvalue weighted by Crippen LogP contribution is 2.32. The van der Waals surface area contributed by atoms with Crippen molar-refractivity contribution in [2.24, 2.45) is 5.92 Å². The lowest BCUT2D eigenvalue weighted by Crippen LogP contribution is -2.38. The molecule has 1 atom stereocenters. The standard InChI is InChI=1S/C19H27N3O3/c1-21(10-8-19(25)6-2-3-7-19)18(24)16-11-17(23)22(14-16)13-15-5-4-9-20-12-15/h4-5,9,12,16,25H,2-3,6-8,10-11,13-14H2,1H3. The third-order valence-electron chi connectivity index (χ3n) is 5.48. The summed E-state index contributed by atoms with van der Waals surface area (Å²) in [5, 5.41) is 10.4. The fourth-order valence-electron chi connectivity index (χ4n) is 3.88. The molecule has 3 rings (SSSR count). The molecule has 2 amide bonds. The van der Waals surface area contributed by atoms with E-state index in [0.717, 1.165) is 31.2 Å². The summed E-state index contributed by atoms with van der Waals surface area (Å²) in [6.45, 7) is 1.50. The van der Waals surface area contributed by atoms with Crippen molar-refractivity contribution < 1.29 is 14.7 Å². The van der Waals surface area contributed by atoms with E-state index < -0.39 is 5.60 Å². The average molecular weight is 345 g/mol. The molecule has 0 aromatic carbocycles. The van der Waals surface area contributed by atoms with Crippen LogP contribution in [0.15, 0.2) is 24.5 Å². The third-order valence-corrected chi connectivity index (χ3v) is 5.48. The Hall–Kier alpha value is -1.95. The highest BCUT2D eigenvalue weighted by atomic mass is 16.3. The molecule has 1 saturated heterocycles. The van der Waals surface area contributed by atoms with Crippen LogP contribution in [0.3, 0.4) is 0 Å². The Kier molecular flexibility index (Phi) is 5.37.